The fourth-order valence-electron chi connectivity index (χ4n) is 2.89. The molecule has 7 nitrogen and oxygen atoms in total. The Morgan fingerprint density at radius 2 is 2.00 bits per heavy atom. The topological polar surface area (TPSA) is 96.8 Å². The van der Waals surface area contributed by atoms with Crippen molar-refractivity contribution in [2.75, 3.05) is 0 Å². The maximum Gasteiger partial charge on any atom is 0.384 e. The summed E-state index contributed by atoms with van der Waals surface area (Å²) in [5.41, 5.74) is 1.76. The van der Waals surface area contributed by atoms with Crippen LogP contribution in [-0.4, -0.2) is 10.1 Å². The smallest absolute Gasteiger partial charge is 0.384 e. The molecule has 7 heteroatoms. The standard InChI is InChI=1S/C15H14N4O3/c20-14-13(12(19-22-14)9-5-1-2-6-9)17-18-15-16-10-7-3-4-8-11(10)21-15/h3-4,7-9,19H,1-2,5-6H2. The van der Waals surface area contributed by atoms with Crippen LogP contribution in [0.2, 0.25) is 0 Å². The maximum atomic E-state index is 11.8. The fourth-order valence-corrected chi connectivity index (χ4v) is 2.89. The fraction of sp³-hybridized carbons (Fsp3) is 0.333. The number of hydrogen-bond acceptors (Lipinski definition) is 6. The molecule has 1 fully saturated rings. The summed E-state index contributed by atoms with van der Waals surface area (Å²) < 4.78 is 10.3. The molecule has 1 aliphatic rings. The molecule has 0 unspecified atom stereocenters. The first-order valence-corrected chi connectivity index (χ1v) is 7.30. The van der Waals surface area contributed by atoms with Crippen molar-refractivity contribution in [3.8, 4) is 0 Å². The van der Waals surface area contributed by atoms with Crippen LogP contribution in [0.1, 0.15) is 37.3 Å². The normalized spacial score (nSPS) is 16.2. The summed E-state index contributed by atoms with van der Waals surface area (Å²) in [5, 5.41) is 10.6. The zero-order valence-electron chi connectivity index (χ0n) is 11.8. The lowest BCUT2D eigenvalue weighted by Gasteiger charge is -2.04. The Hall–Kier alpha value is -2.70. The van der Waals surface area contributed by atoms with Crippen molar-refractivity contribution >= 4 is 22.8 Å². The monoisotopic (exact) mass is 298 g/mol. The van der Waals surface area contributed by atoms with Crippen LogP contribution in [0.15, 0.2) is 48.2 Å². The number of hydrogen-bond donors (Lipinski definition) is 1. The molecular weight excluding hydrogens is 284 g/mol. The molecule has 1 aromatic carbocycles. The molecule has 3 aromatic rings. The van der Waals surface area contributed by atoms with E-state index < -0.39 is 5.63 Å². The molecule has 4 rings (SSSR count). The van der Waals surface area contributed by atoms with Crippen molar-refractivity contribution in [2.45, 2.75) is 31.6 Å². The van der Waals surface area contributed by atoms with Gasteiger partial charge < -0.3 is 8.94 Å². The average molecular weight is 298 g/mol. The summed E-state index contributed by atoms with van der Waals surface area (Å²) >= 11 is 0. The minimum absolute atomic E-state index is 0.124. The number of para-hydroxylation sites is 2. The van der Waals surface area contributed by atoms with Crippen LogP contribution >= 0.6 is 0 Å². The highest BCUT2D eigenvalue weighted by molar-refractivity contribution is 5.73. The van der Waals surface area contributed by atoms with Crippen LogP contribution in [0.3, 0.4) is 0 Å². The third-order valence-electron chi connectivity index (χ3n) is 3.98. The van der Waals surface area contributed by atoms with Crippen LogP contribution in [0.25, 0.3) is 11.1 Å². The molecule has 1 saturated carbocycles. The van der Waals surface area contributed by atoms with Crippen molar-refractivity contribution in [2.24, 2.45) is 10.2 Å². The number of aromatic nitrogens is 2. The number of nitrogens with one attached hydrogen (secondary N) is 1. The molecule has 1 N–H and O–H groups in total. The Kier molecular flexibility index (Phi) is 3.10. The molecule has 2 aromatic heterocycles. The predicted octanol–water partition coefficient (Wildman–Crippen LogP) is 4.18. The van der Waals surface area contributed by atoms with Gasteiger partial charge in [0.15, 0.2) is 11.3 Å². The predicted molar refractivity (Wildman–Crippen MR) is 78.7 cm³/mol. The van der Waals surface area contributed by atoms with E-state index >= 15 is 0 Å². The van der Waals surface area contributed by atoms with Gasteiger partial charge in [0.05, 0.1) is 5.69 Å². The molecule has 0 saturated heterocycles. The van der Waals surface area contributed by atoms with E-state index in [9.17, 15) is 4.79 Å². The van der Waals surface area contributed by atoms with E-state index in [4.69, 9.17) is 8.94 Å². The van der Waals surface area contributed by atoms with Crippen LogP contribution < -0.4 is 5.63 Å². The van der Waals surface area contributed by atoms with Gasteiger partial charge in [-0.2, -0.15) is 4.98 Å². The second-order valence-electron chi connectivity index (χ2n) is 5.40. The molecule has 0 spiro atoms. The first-order chi connectivity index (χ1) is 10.8. The molecule has 0 atom stereocenters. The van der Waals surface area contributed by atoms with Crippen LogP contribution in [0.5, 0.6) is 0 Å². The second-order valence-corrected chi connectivity index (χ2v) is 5.40. The molecule has 0 amide bonds. The molecule has 1 aliphatic carbocycles. The first-order valence-electron chi connectivity index (χ1n) is 7.30. The van der Waals surface area contributed by atoms with Gasteiger partial charge in [-0.05, 0) is 25.0 Å². The van der Waals surface area contributed by atoms with Gasteiger partial charge in [0.1, 0.15) is 5.52 Å². The molecule has 112 valence electrons. The van der Waals surface area contributed by atoms with E-state index in [0.717, 1.165) is 31.4 Å². The largest absolute Gasteiger partial charge is 0.421 e. The number of azo groups is 1. The van der Waals surface area contributed by atoms with Crippen LogP contribution in [0.4, 0.5) is 11.7 Å². The molecule has 2 heterocycles. The first kappa shape index (κ1) is 13.0. The van der Waals surface area contributed by atoms with E-state index in [1.165, 1.54) is 0 Å². The van der Waals surface area contributed by atoms with Gasteiger partial charge in [0.2, 0.25) is 0 Å². The van der Waals surface area contributed by atoms with E-state index in [1.54, 1.807) is 6.07 Å². The molecule has 0 aliphatic heterocycles. The number of nitrogens with zero attached hydrogens (tertiary/aromatic N) is 3. The highest BCUT2D eigenvalue weighted by Crippen LogP contribution is 2.36. The van der Waals surface area contributed by atoms with Gasteiger partial charge >= 0.3 is 11.6 Å². The highest BCUT2D eigenvalue weighted by atomic mass is 16.5. The van der Waals surface area contributed by atoms with Gasteiger partial charge in [-0.3, -0.25) is 0 Å². The average Bonchev–Trinajstić information content (AvgIpc) is 3.24. The van der Waals surface area contributed by atoms with E-state index in [1.807, 2.05) is 18.2 Å². The SMILES string of the molecule is O=c1o[nH]c(C2CCCC2)c1N=Nc1nc2ccccc2o1. The highest BCUT2D eigenvalue weighted by Gasteiger charge is 2.24. The second kappa shape index (κ2) is 5.25. The molecule has 22 heavy (non-hydrogen) atoms. The van der Waals surface area contributed by atoms with Crippen molar-refractivity contribution in [1.29, 1.82) is 0 Å². The third-order valence-corrected chi connectivity index (χ3v) is 3.98. The summed E-state index contributed by atoms with van der Waals surface area (Å²) in [6.07, 6.45) is 4.36. The van der Waals surface area contributed by atoms with Crippen molar-refractivity contribution in [3.05, 3.63) is 40.4 Å². The number of H-pyrrole nitrogens is 1. The lowest BCUT2D eigenvalue weighted by atomic mass is 10.0. The number of oxazole rings is 1. The van der Waals surface area contributed by atoms with E-state index in [-0.39, 0.29) is 17.6 Å². The Bertz CT molecular complexity index is 850. The Morgan fingerprint density at radius 1 is 1.18 bits per heavy atom. The lowest BCUT2D eigenvalue weighted by Crippen LogP contribution is -1.95. The molecule has 0 radical (unpaired) electrons. The van der Waals surface area contributed by atoms with Gasteiger partial charge in [0.25, 0.3) is 0 Å². The van der Waals surface area contributed by atoms with E-state index in [0.29, 0.717) is 11.1 Å². The number of aromatic amines is 1. The van der Waals surface area contributed by atoms with Gasteiger partial charge in [-0.1, -0.05) is 30.1 Å². The van der Waals surface area contributed by atoms with Crippen molar-refractivity contribution in [1.82, 2.24) is 10.1 Å². The summed E-state index contributed by atoms with van der Waals surface area (Å²) in [6, 6.07) is 7.47. The lowest BCUT2D eigenvalue weighted by molar-refractivity contribution is 0.380. The van der Waals surface area contributed by atoms with Crippen molar-refractivity contribution in [3.63, 3.8) is 0 Å². The molecule has 0 bridgehead atoms. The van der Waals surface area contributed by atoms with E-state index in [2.05, 4.69) is 20.4 Å². The summed E-state index contributed by atoms with van der Waals surface area (Å²) in [6.45, 7) is 0. The van der Waals surface area contributed by atoms with Gasteiger partial charge in [-0.25, -0.2) is 9.95 Å². The van der Waals surface area contributed by atoms with Crippen LogP contribution in [-0.2, 0) is 0 Å². The van der Waals surface area contributed by atoms with Gasteiger partial charge in [-0.15, -0.1) is 5.11 Å². The summed E-state index contributed by atoms with van der Waals surface area (Å²) in [5.74, 6) is 0.282. The Morgan fingerprint density at radius 3 is 2.82 bits per heavy atom. The van der Waals surface area contributed by atoms with Crippen LogP contribution in [0, 0.1) is 0 Å². The zero-order chi connectivity index (χ0) is 14.9. The number of fused-ring (bicyclic) bond motifs is 1. The quantitative estimate of drug-likeness (QED) is 0.733. The minimum Gasteiger partial charge on any atom is -0.421 e. The third kappa shape index (κ3) is 2.24. The van der Waals surface area contributed by atoms with Gasteiger partial charge in [0, 0.05) is 5.92 Å². The number of benzene rings is 1. The maximum absolute atomic E-state index is 11.8. The minimum atomic E-state index is -0.512. The summed E-state index contributed by atoms with van der Waals surface area (Å²) in [4.78, 5) is 16.0. The zero-order valence-corrected chi connectivity index (χ0v) is 11.8. The van der Waals surface area contributed by atoms with Crippen molar-refractivity contribution < 1.29 is 8.94 Å². The molecular formula is C15H14N4O3. The Balaban J connectivity index is 1.67. The Labute approximate surface area is 125 Å². The summed E-state index contributed by atoms with van der Waals surface area (Å²) in [7, 11) is 0. The number of rotatable bonds is 3.